The molecule has 5 heterocycles. The molecule has 4 saturated heterocycles. The van der Waals surface area contributed by atoms with Crippen LogP contribution in [0.25, 0.3) is 10.9 Å². The molecule has 526 valence electrons. The molecule has 3 aromatic rings. The SMILES string of the molecule is C/N=C/[C@H]1CC(F)(F)CN1C(=O)CNC(=O)c1ccnc2ccc(OCCCCN3CCN(C(=O)CN4C(=O)CC(SC(CCCCCNC(=O)CCCc5ccc(C)cc5)CNC(=O)CN5CCN(CC(=O)O)CCN(CC(=O)O)CCN(CC(=O)O)CC5)C4=O)CC3)cc12. The predicted octanol–water partition coefficient (Wildman–Crippen LogP) is 2.03. The first-order valence-corrected chi connectivity index (χ1v) is 34.0. The Morgan fingerprint density at radius 3 is 1.96 bits per heavy atom. The van der Waals surface area contributed by atoms with E-state index in [-0.39, 0.29) is 120 Å². The Labute approximate surface area is 562 Å². The monoisotopic (exact) mass is 1360 g/mol. The fourth-order valence-corrected chi connectivity index (χ4v) is 13.5. The zero-order valence-electron chi connectivity index (χ0n) is 55.0. The summed E-state index contributed by atoms with van der Waals surface area (Å²) in [6.45, 7) is 4.82. The van der Waals surface area contributed by atoms with Crippen LogP contribution in [0.1, 0.15) is 85.7 Å². The number of aryl methyl sites for hydroxylation is 2. The maximum absolute atomic E-state index is 14.2. The maximum atomic E-state index is 14.2. The summed E-state index contributed by atoms with van der Waals surface area (Å²) in [6, 6.07) is 14.0. The van der Waals surface area contributed by atoms with Crippen molar-refractivity contribution < 1.29 is 76.8 Å². The lowest BCUT2D eigenvalue weighted by atomic mass is 10.1. The number of nitrogens with one attached hydrogen (secondary N) is 3. The number of nitrogens with zero attached hydrogens (tertiary/aromatic N) is 10. The van der Waals surface area contributed by atoms with Gasteiger partial charge in [-0.25, -0.2) is 8.78 Å². The fourth-order valence-electron chi connectivity index (χ4n) is 12.1. The number of alkyl halides is 2. The van der Waals surface area contributed by atoms with Crippen molar-refractivity contribution in [2.24, 2.45) is 4.99 Å². The molecule has 3 atom stereocenters. The molecule has 0 bridgehead atoms. The van der Waals surface area contributed by atoms with Crippen LogP contribution in [0.4, 0.5) is 8.78 Å². The number of pyridine rings is 1. The third-order valence-corrected chi connectivity index (χ3v) is 18.9. The van der Waals surface area contributed by atoms with Crippen LogP contribution in [0.3, 0.4) is 0 Å². The van der Waals surface area contributed by atoms with Gasteiger partial charge in [0.25, 0.3) is 11.8 Å². The molecule has 0 aliphatic carbocycles. The number of piperazine rings is 1. The molecule has 7 amide bonds. The molecule has 0 radical (unpaired) electrons. The van der Waals surface area contributed by atoms with Gasteiger partial charge in [-0.3, -0.25) is 87.3 Å². The average molecular weight is 1360 g/mol. The first-order chi connectivity index (χ1) is 46.0. The zero-order valence-corrected chi connectivity index (χ0v) is 55.8. The fraction of sp³-hybridized carbons (Fsp3) is 0.606. The van der Waals surface area contributed by atoms with Crippen LogP contribution in [0.2, 0.25) is 0 Å². The molecule has 0 spiro atoms. The summed E-state index contributed by atoms with van der Waals surface area (Å²) in [4.78, 5) is 150. The van der Waals surface area contributed by atoms with Gasteiger partial charge in [-0.05, 0) is 81.8 Å². The minimum absolute atomic E-state index is 0.0267. The van der Waals surface area contributed by atoms with Gasteiger partial charge >= 0.3 is 17.9 Å². The summed E-state index contributed by atoms with van der Waals surface area (Å²) in [6.07, 6.45) is 8.13. The number of ether oxygens (including phenoxy) is 1. The summed E-state index contributed by atoms with van der Waals surface area (Å²) in [7, 11) is 1.44. The quantitative estimate of drug-likeness (QED) is 0.0283. The number of rotatable bonds is 34. The molecule has 27 nitrogen and oxygen atoms in total. The van der Waals surface area contributed by atoms with E-state index in [4.69, 9.17) is 4.74 Å². The lowest BCUT2D eigenvalue weighted by molar-refractivity contribution is -0.146. The van der Waals surface area contributed by atoms with E-state index in [1.54, 1.807) is 37.8 Å². The van der Waals surface area contributed by atoms with Crippen LogP contribution in [-0.4, -0.2) is 305 Å². The molecule has 0 saturated carbocycles. The lowest BCUT2D eigenvalue weighted by Crippen LogP contribution is -2.52. The number of thioether (sulfide) groups is 1. The largest absolute Gasteiger partial charge is 0.494 e. The number of carboxylic acid groups (broad SMARTS) is 3. The van der Waals surface area contributed by atoms with E-state index in [1.807, 2.05) is 11.8 Å². The van der Waals surface area contributed by atoms with Crippen LogP contribution >= 0.6 is 11.8 Å². The highest BCUT2D eigenvalue weighted by Gasteiger charge is 2.46. The molecule has 30 heteroatoms. The number of carboxylic acids is 3. The van der Waals surface area contributed by atoms with E-state index in [2.05, 4.69) is 55.1 Å². The Balaban J connectivity index is 0.868. The Morgan fingerprint density at radius 1 is 0.708 bits per heavy atom. The van der Waals surface area contributed by atoms with Gasteiger partial charge in [0.2, 0.25) is 35.4 Å². The summed E-state index contributed by atoms with van der Waals surface area (Å²) >= 11 is 1.28. The minimum atomic E-state index is -3.06. The summed E-state index contributed by atoms with van der Waals surface area (Å²) in [5.41, 5.74) is 3.10. The van der Waals surface area contributed by atoms with Gasteiger partial charge in [0.05, 0.1) is 68.2 Å². The van der Waals surface area contributed by atoms with Gasteiger partial charge in [-0.2, -0.15) is 0 Å². The van der Waals surface area contributed by atoms with Gasteiger partial charge in [-0.15, -0.1) is 11.8 Å². The van der Waals surface area contributed by atoms with Crippen LogP contribution in [0, 0.1) is 6.92 Å². The zero-order chi connectivity index (χ0) is 69.2. The van der Waals surface area contributed by atoms with Crippen LogP contribution in [-0.2, 0) is 49.6 Å². The number of aliphatic imine (C=N–C) groups is 1. The van der Waals surface area contributed by atoms with Gasteiger partial charge < -0.3 is 45.8 Å². The van der Waals surface area contributed by atoms with Crippen molar-refractivity contribution in [3.05, 3.63) is 71.4 Å². The number of carbonyl (C=O) groups is 10. The molecule has 2 unspecified atom stereocenters. The van der Waals surface area contributed by atoms with Crippen molar-refractivity contribution in [3.63, 3.8) is 0 Å². The predicted molar refractivity (Wildman–Crippen MR) is 355 cm³/mol. The normalized spacial score (nSPS) is 19.3. The minimum Gasteiger partial charge on any atom is -0.494 e. The van der Waals surface area contributed by atoms with Crippen molar-refractivity contribution in [2.75, 3.05) is 158 Å². The molecule has 4 aliphatic heterocycles. The van der Waals surface area contributed by atoms with E-state index < -0.39 is 84.8 Å². The third-order valence-electron chi connectivity index (χ3n) is 17.4. The summed E-state index contributed by atoms with van der Waals surface area (Å²) < 4.78 is 34.4. The second-order valence-corrected chi connectivity index (χ2v) is 26.5. The molecular weight excluding hydrogens is 1270 g/mol. The summed E-state index contributed by atoms with van der Waals surface area (Å²) in [5.74, 6) is -8.68. The summed E-state index contributed by atoms with van der Waals surface area (Å²) in [5, 5.41) is 36.8. The highest BCUT2D eigenvalue weighted by atomic mass is 32.2. The van der Waals surface area contributed by atoms with E-state index in [0.29, 0.717) is 88.1 Å². The molecule has 4 fully saturated rings. The van der Waals surface area contributed by atoms with Crippen LogP contribution in [0.5, 0.6) is 5.75 Å². The van der Waals surface area contributed by atoms with Crippen LogP contribution < -0.4 is 20.7 Å². The number of hydrogen-bond acceptors (Lipinski definition) is 19. The van der Waals surface area contributed by atoms with Gasteiger partial charge in [0.15, 0.2) is 0 Å². The van der Waals surface area contributed by atoms with E-state index in [1.165, 1.54) is 48.4 Å². The molecule has 96 heavy (non-hydrogen) atoms. The number of aromatic nitrogens is 1. The average Bonchev–Trinajstić information content (AvgIpc) is 1.46. The Kier molecular flexibility index (Phi) is 30.1. The van der Waals surface area contributed by atoms with Gasteiger partial charge in [0, 0.05) is 141 Å². The van der Waals surface area contributed by atoms with E-state index in [0.717, 1.165) is 42.0 Å². The number of hydrogen-bond donors (Lipinski definition) is 6. The highest BCUT2D eigenvalue weighted by molar-refractivity contribution is 8.01. The first kappa shape index (κ1) is 75.6. The van der Waals surface area contributed by atoms with Crippen molar-refractivity contribution in [2.45, 2.75) is 100 Å². The van der Waals surface area contributed by atoms with Crippen molar-refractivity contribution in [1.82, 2.24) is 60.1 Å². The van der Waals surface area contributed by atoms with Crippen LogP contribution in [0.15, 0.2) is 59.7 Å². The molecule has 6 N–H and O–H groups in total. The number of imide groups is 1. The number of benzene rings is 2. The van der Waals surface area contributed by atoms with Gasteiger partial charge in [0.1, 0.15) is 12.3 Å². The smallest absolute Gasteiger partial charge is 0.317 e. The number of likely N-dealkylation sites (tertiary alicyclic amines) is 2. The molecular formula is C66H93F2N13O14S. The van der Waals surface area contributed by atoms with E-state index >= 15 is 0 Å². The van der Waals surface area contributed by atoms with Crippen molar-refractivity contribution in [1.29, 1.82) is 0 Å². The number of halogens is 2. The highest BCUT2D eigenvalue weighted by Crippen LogP contribution is 2.33. The standard InChI is InChI=1S/C66H93F2N13O14S/c1-47-12-14-48(15-13-47)9-8-11-56(82)71-19-5-3-4-10-51(39-72-57(83)41-75-22-24-76(43-61(87)88)26-28-78(45-63(91)92)29-27-77(25-23-75)44-62(89)90)96-55-36-58(84)80(65(55)94)42-60(86)79-32-30-74(31-33-79)21-6-7-34-95-50-16-17-54-53(35-50)52(18-20-70-54)64(93)73-40-59(85)81-46-66(67,68)37-49(81)38-69-2/h12-18,20,35,38,49,51,55H,3-11,19,21-34,36-37,39-46H2,1-2H3,(H,71,82)(H,72,83)(H,73,93)(H,87,88)(H,89,90)(H,91,92)/b69-38+/t49-,51?,55?/m1/s1. The lowest BCUT2D eigenvalue weighted by Gasteiger charge is -2.35. The van der Waals surface area contributed by atoms with Gasteiger partial charge in [-0.1, -0.05) is 42.7 Å². The van der Waals surface area contributed by atoms with Crippen molar-refractivity contribution >= 4 is 88.1 Å². The third kappa shape index (κ3) is 25.3. The second-order valence-electron chi connectivity index (χ2n) is 25.0. The second kappa shape index (κ2) is 38.2. The number of aliphatic carboxylic acids is 3. The topological polar surface area (TPSA) is 328 Å². The molecule has 1 aromatic heterocycles. The van der Waals surface area contributed by atoms with Crippen molar-refractivity contribution in [3.8, 4) is 5.75 Å². The number of carbonyl (C=O) groups excluding carboxylic acids is 7. The Bertz CT molecular complexity index is 3150. The number of amides is 7. The van der Waals surface area contributed by atoms with E-state index in [9.17, 15) is 72.0 Å². The molecule has 2 aromatic carbocycles. The molecule has 4 aliphatic rings. The molecule has 7 rings (SSSR count). The number of unbranched alkanes of at least 4 members (excludes halogenated alkanes) is 3. The Hall–Kier alpha value is -7.77. The number of fused-ring (bicyclic) bond motifs is 1. The first-order valence-electron chi connectivity index (χ1n) is 33.0. The Morgan fingerprint density at radius 2 is 1.33 bits per heavy atom. The maximum Gasteiger partial charge on any atom is 0.317 e.